The van der Waals surface area contributed by atoms with Gasteiger partial charge in [-0.1, -0.05) is 29.8 Å². The first-order chi connectivity index (χ1) is 14.4. The fourth-order valence-corrected chi connectivity index (χ4v) is 6.13. The molecule has 7 nitrogen and oxygen atoms in total. The molecule has 1 aliphatic rings. The Kier molecular flexibility index (Phi) is 5.68. The molecule has 3 amide bonds. The molecule has 0 unspecified atom stereocenters. The summed E-state index contributed by atoms with van der Waals surface area (Å²) in [6.07, 6.45) is 0.0848. The average Bonchev–Trinajstić information content (AvgIpc) is 3.29. The lowest BCUT2D eigenvalue weighted by Gasteiger charge is -2.25. The van der Waals surface area contributed by atoms with Crippen LogP contribution >= 0.6 is 34.3 Å². The maximum absolute atomic E-state index is 13.0. The minimum atomic E-state index is -0.418. The van der Waals surface area contributed by atoms with Crippen molar-refractivity contribution >= 4 is 67.3 Å². The van der Waals surface area contributed by atoms with Crippen LogP contribution in [0.25, 0.3) is 10.1 Å². The van der Waals surface area contributed by atoms with Crippen LogP contribution in [0.15, 0.2) is 24.3 Å². The van der Waals surface area contributed by atoms with Gasteiger partial charge in [0.1, 0.15) is 9.88 Å². The molecule has 0 saturated carbocycles. The van der Waals surface area contributed by atoms with E-state index in [0.29, 0.717) is 40.0 Å². The summed E-state index contributed by atoms with van der Waals surface area (Å²) >= 11 is 9.03. The first-order valence-corrected chi connectivity index (χ1v) is 11.1. The molecule has 1 aliphatic heterocycles. The van der Waals surface area contributed by atoms with E-state index < -0.39 is 6.09 Å². The summed E-state index contributed by atoms with van der Waals surface area (Å²) < 4.78 is 5.72. The summed E-state index contributed by atoms with van der Waals surface area (Å²) in [5.74, 6) is -0.647. The van der Waals surface area contributed by atoms with Crippen LogP contribution in [-0.4, -0.2) is 43.5 Å². The normalized spacial score (nSPS) is 13.1. The summed E-state index contributed by atoms with van der Waals surface area (Å²) in [5.41, 5.74) is 1.28. The summed E-state index contributed by atoms with van der Waals surface area (Å²) in [4.78, 5) is 40.3. The van der Waals surface area contributed by atoms with Gasteiger partial charge in [-0.05, 0) is 18.1 Å². The molecule has 0 bridgehead atoms. The number of carbonyl (C=O) groups excluding carboxylic acids is 3. The molecule has 0 spiro atoms. The van der Waals surface area contributed by atoms with Crippen LogP contribution in [-0.2, 0) is 17.7 Å². The number of methoxy groups -OCH3 is 1. The van der Waals surface area contributed by atoms with E-state index >= 15 is 0 Å². The van der Waals surface area contributed by atoms with Crippen molar-refractivity contribution in [2.24, 2.45) is 0 Å². The fourth-order valence-electron chi connectivity index (χ4n) is 3.46. The molecule has 0 saturated heterocycles. The Morgan fingerprint density at radius 1 is 1.17 bits per heavy atom. The van der Waals surface area contributed by atoms with Crippen LogP contribution < -0.4 is 10.6 Å². The highest BCUT2D eigenvalue weighted by atomic mass is 35.5. The SMILES string of the molecule is CNC(=O)c1c(NC(=O)c2sc3ccccc3c2Cl)sc2c1CCN(C(=O)OC)C2. The molecular weight excluding hydrogens is 446 g/mol. The molecule has 1 aromatic carbocycles. The molecular formula is C20H18ClN3O4S2. The molecule has 0 radical (unpaired) electrons. The van der Waals surface area contributed by atoms with E-state index in [9.17, 15) is 14.4 Å². The van der Waals surface area contributed by atoms with Gasteiger partial charge in [-0.25, -0.2) is 4.79 Å². The maximum Gasteiger partial charge on any atom is 0.409 e. The third-order valence-electron chi connectivity index (χ3n) is 4.91. The predicted molar refractivity (Wildman–Crippen MR) is 119 cm³/mol. The summed E-state index contributed by atoms with van der Waals surface area (Å²) in [6.45, 7) is 0.770. The maximum atomic E-state index is 13.0. The number of nitrogens with zero attached hydrogens (tertiary/aromatic N) is 1. The number of rotatable bonds is 3. The zero-order valence-electron chi connectivity index (χ0n) is 16.2. The highest BCUT2D eigenvalue weighted by molar-refractivity contribution is 7.22. The Bertz CT molecular complexity index is 1170. The van der Waals surface area contributed by atoms with Crippen molar-refractivity contribution in [2.75, 3.05) is 26.0 Å². The molecule has 156 valence electrons. The zero-order valence-corrected chi connectivity index (χ0v) is 18.6. The van der Waals surface area contributed by atoms with Gasteiger partial charge in [0.2, 0.25) is 0 Å². The van der Waals surface area contributed by atoms with Crippen molar-refractivity contribution < 1.29 is 19.1 Å². The van der Waals surface area contributed by atoms with E-state index in [1.807, 2.05) is 24.3 Å². The topological polar surface area (TPSA) is 87.7 Å². The van der Waals surface area contributed by atoms with Gasteiger partial charge >= 0.3 is 6.09 Å². The van der Waals surface area contributed by atoms with E-state index in [-0.39, 0.29) is 11.8 Å². The number of carbonyl (C=O) groups is 3. The van der Waals surface area contributed by atoms with E-state index in [1.54, 1.807) is 11.9 Å². The number of benzene rings is 1. The van der Waals surface area contributed by atoms with Crippen LogP contribution in [0.5, 0.6) is 0 Å². The number of halogens is 1. The van der Waals surface area contributed by atoms with Crippen molar-refractivity contribution in [2.45, 2.75) is 13.0 Å². The van der Waals surface area contributed by atoms with Crippen LogP contribution in [0, 0.1) is 0 Å². The monoisotopic (exact) mass is 463 g/mol. The molecule has 3 aromatic rings. The minimum absolute atomic E-state index is 0.281. The fraction of sp³-hybridized carbons (Fsp3) is 0.250. The molecule has 10 heteroatoms. The lowest BCUT2D eigenvalue weighted by Crippen LogP contribution is -2.35. The van der Waals surface area contributed by atoms with Crippen LogP contribution in [0.4, 0.5) is 9.80 Å². The quantitative estimate of drug-likeness (QED) is 0.604. The number of anilines is 1. The van der Waals surface area contributed by atoms with Gasteiger partial charge in [-0.15, -0.1) is 22.7 Å². The third-order valence-corrected chi connectivity index (χ3v) is 7.72. The van der Waals surface area contributed by atoms with Crippen molar-refractivity contribution in [3.63, 3.8) is 0 Å². The molecule has 0 atom stereocenters. The second-order valence-electron chi connectivity index (χ2n) is 6.62. The molecule has 4 rings (SSSR count). The first kappa shape index (κ1) is 20.6. The standard InChI is InChI=1S/C20H18ClN3O4S2/c1-22-17(25)14-10-7-8-24(20(27)28-2)9-13(10)30-19(14)23-18(26)16-15(21)11-5-3-4-6-12(11)29-16/h3-6H,7-9H2,1-2H3,(H,22,25)(H,23,26). The highest BCUT2D eigenvalue weighted by Crippen LogP contribution is 2.39. The van der Waals surface area contributed by atoms with E-state index in [4.69, 9.17) is 16.3 Å². The Labute approximate surface area is 185 Å². The van der Waals surface area contributed by atoms with Crippen LogP contribution in [0.1, 0.15) is 30.5 Å². The molecule has 30 heavy (non-hydrogen) atoms. The lowest BCUT2D eigenvalue weighted by molar-refractivity contribution is 0.0962. The van der Waals surface area contributed by atoms with Gasteiger partial charge in [-0.2, -0.15) is 0 Å². The van der Waals surface area contributed by atoms with E-state index in [1.165, 1.54) is 29.8 Å². The van der Waals surface area contributed by atoms with Gasteiger partial charge in [0.25, 0.3) is 11.8 Å². The molecule has 3 heterocycles. The van der Waals surface area contributed by atoms with Crippen LogP contribution in [0.3, 0.4) is 0 Å². The number of fused-ring (bicyclic) bond motifs is 2. The second-order valence-corrected chi connectivity index (χ2v) is 9.16. The van der Waals surface area contributed by atoms with Gasteiger partial charge in [-0.3, -0.25) is 9.59 Å². The number of nitrogens with one attached hydrogen (secondary N) is 2. The minimum Gasteiger partial charge on any atom is -0.453 e. The summed E-state index contributed by atoms with van der Waals surface area (Å²) in [6, 6.07) is 7.53. The highest BCUT2D eigenvalue weighted by Gasteiger charge is 2.31. The lowest BCUT2D eigenvalue weighted by atomic mass is 10.0. The molecule has 0 aliphatic carbocycles. The number of amides is 3. The Hall–Kier alpha value is -2.62. The van der Waals surface area contributed by atoms with Crippen molar-refractivity contribution in [1.82, 2.24) is 10.2 Å². The third kappa shape index (κ3) is 3.53. The summed E-state index contributed by atoms with van der Waals surface area (Å²) in [5, 5.41) is 7.17. The Morgan fingerprint density at radius 2 is 1.93 bits per heavy atom. The van der Waals surface area contributed by atoms with Gasteiger partial charge in [0.15, 0.2) is 0 Å². The second kappa shape index (κ2) is 8.25. The molecule has 0 fully saturated rings. The largest absolute Gasteiger partial charge is 0.453 e. The van der Waals surface area contributed by atoms with Crippen molar-refractivity contribution in [3.05, 3.63) is 50.2 Å². The number of hydrogen-bond donors (Lipinski definition) is 2. The van der Waals surface area contributed by atoms with E-state index in [2.05, 4.69) is 10.6 Å². The molecule has 2 aromatic heterocycles. The Balaban J connectivity index is 1.69. The summed E-state index contributed by atoms with van der Waals surface area (Å²) in [7, 11) is 2.88. The van der Waals surface area contributed by atoms with Gasteiger partial charge < -0.3 is 20.3 Å². The first-order valence-electron chi connectivity index (χ1n) is 9.12. The zero-order chi connectivity index (χ0) is 21.4. The van der Waals surface area contributed by atoms with Gasteiger partial charge in [0.05, 0.1) is 24.2 Å². The van der Waals surface area contributed by atoms with Gasteiger partial charge in [0, 0.05) is 28.6 Å². The Morgan fingerprint density at radius 3 is 2.63 bits per heavy atom. The number of thiophene rings is 2. The van der Waals surface area contributed by atoms with Crippen molar-refractivity contribution in [3.8, 4) is 0 Å². The average molecular weight is 464 g/mol. The smallest absolute Gasteiger partial charge is 0.409 e. The van der Waals surface area contributed by atoms with Crippen LogP contribution in [0.2, 0.25) is 5.02 Å². The predicted octanol–water partition coefficient (Wildman–Crippen LogP) is 4.35. The number of hydrogen-bond acceptors (Lipinski definition) is 6. The van der Waals surface area contributed by atoms with Crippen molar-refractivity contribution in [1.29, 1.82) is 0 Å². The van der Waals surface area contributed by atoms with E-state index in [0.717, 1.165) is 20.5 Å². The molecule has 2 N–H and O–H groups in total. The number of ether oxygens (including phenoxy) is 1.